The largest absolute Gasteiger partial charge is 0.334 e. The van der Waals surface area contributed by atoms with Crippen LogP contribution in [0.2, 0.25) is 0 Å². The second kappa shape index (κ2) is 8.06. The van der Waals surface area contributed by atoms with Gasteiger partial charge in [0, 0.05) is 44.0 Å². The number of carbonyl (C=O) groups is 1. The monoisotopic (exact) mass is 361 g/mol. The lowest BCUT2D eigenvalue weighted by atomic mass is 10.0. The van der Waals surface area contributed by atoms with Gasteiger partial charge in [-0.15, -0.1) is 11.3 Å². The molecule has 6 heteroatoms. The molecule has 25 heavy (non-hydrogen) atoms. The third kappa shape index (κ3) is 4.64. The molecular weight excluding hydrogens is 337 g/mol. The van der Waals surface area contributed by atoms with Crippen molar-refractivity contribution in [2.45, 2.75) is 39.4 Å². The topological polar surface area (TPSA) is 36.4 Å². The summed E-state index contributed by atoms with van der Waals surface area (Å²) in [5.41, 5.74) is 3.87. The standard InChI is InChI=1S/C19H24FN3OS/c1-14(2)18-11-22(10-17-12-25-13-21-17)8-7-19(24)23(18)9-15-3-5-16(20)6-4-15/h3-6,12-14,18H,7-11H2,1-2H3. The minimum atomic E-state index is -0.249. The minimum absolute atomic E-state index is 0.138. The fourth-order valence-corrected chi connectivity index (χ4v) is 3.84. The second-order valence-corrected chi connectivity index (χ2v) is 7.64. The van der Waals surface area contributed by atoms with E-state index < -0.39 is 0 Å². The zero-order chi connectivity index (χ0) is 17.8. The predicted octanol–water partition coefficient (Wildman–Crippen LogP) is 3.54. The molecule has 1 unspecified atom stereocenters. The highest BCUT2D eigenvalue weighted by Gasteiger charge is 2.31. The Balaban J connectivity index is 1.76. The first-order valence-corrected chi connectivity index (χ1v) is 9.60. The maximum atomic E-state index is 13.2. The molecule has 1 aromatic carbocycles. The Hall–Kier alpha value is -1.79. The highest BCUT2D eigenvalue weighted by Crippen LogP contribution is 2.22. The van der Waals surface area contributed by atoms with Crippen molar-refractivity contribution in [3.8, 4) is 0 Å². The first-order chi connectivity index (χ1) is 12.0. The Morgan fingerprint density at radius 3 is 2.68 bits per heavy atom. The number of carbonyl (C=O) groups excluding carboxylic acids is 1. The number of benzene rings is 1. The summed E-state index contributed by atoms with van der Waals surface area (Å²) in [5.74, 6) is 0.269. The number of nitrogens with zero attached hydrogens (tertiary/aromatic N) is 3. The van der Waals surface area contributed by atoms with E-state index in [4.69, 9.17) is 0 Å². The van der Waals surface area contributed by atoms with E-state index in [9.17, 15) is 9.18 Å². The number of halogens is 1. The van der Waals surface area contributed by atoms with Gasteiger partial charge in [-0.1, -0.05) is 26.0 Å². The van der Waals surface area contributed by atoms with Crippen LogP contribution in [0.1, 0.15) is 31.5 Å². The van der Waals surface area contributed by atoms with Gasteiger partial charge in [-0.3, -0.25) is 9.69 Å². The van der Waals surface area contributed by atoms with Gasteiger partial charge < -0.3 is 4.90 Å². The molecule has 1 atom stereocenters. The van der Waals surface area contributed by atoms with E-state index in [2.05, 4.69) is 29.1 Å². The first-order valence-electron chi connectivity index (χ1n) is 8.66. The fourth-order valence-electron chi connectivity index (χ4n) is 3.29. The second-order valence-electron chi connectivity index (χ2n) is 6.92. The Bertz CT molecular complexity index is 687. The summed E-state index contributed by atoms with van der Waals surface area (Å²) < 4.78 is 13.2. The zero-order valence-corrected chi connectivity index (χ0v) is 15.5. The average Bonchev–Trinajstić information content (AvgIpc) is 3.04. The Morgan fingerprint density at radius 1 is 1.28 bits per heavy atom. The molecule has 134 valence electrons. The Kier molecular flexibility index (Phi) is 5.81. The van der Waals surface area contributed by atoms with Crippen LogP contribution in [0.4, 0.5) is 4.39 Å². The molecule has 2 heterocycles. The first kappa shape index (κ1) is 18.0. The quantitative estimate of drug-likeness (QED) is 0.817. The summed E-state index contributed by atoms with van der Waals surface area (Å²) in [6.07, 6.45) is 0.508. The van der Waals surface area contributed by atoms with Crippen molar-refractivity contribution in [1.29, 1.82) is 0 Å². The third-order valence-corrected chi connectivity index (χ3v) is 5.35. The van der Waals surface area contributed by atoms with Crippen molar-refractivity contribution < 1.29 is 9.18 Å². The van der Waals surface area contributed by atoms with Crippen LogP contribution >= 0.6 is 11.3 Å². The number of thiazole rings is 1. The molecule has 1 amide bonds. The minimum Gasteiger partial charge on any atom is -0.334 e. The van der Waals surface area contributed by atoms with Crippen molar-refractivity contribution in [3.05, 3.63) is 52.2 Å². The number of hydrogen-bond acceptors (Lipinski definition) is 4. The molecule has 0 N–H and O–H groups in total. The van der Waals surface area contributed by atoms with Gasteiger partial charge in [0.2, 0.25) is 5.91 Å². The molecule has 1 aliphatic rings. The van der Waals surface area contributed by atoms with Crippen molar-refractivity contribution in [2.24, 2.45) is 5.92 Å². The molecule has 0 bridgehead atoms. The molecule has 3 rings (SSSR count). The van der Waals surface area contributed by atoms with Crippen LogP contribution in [-0.4, -0.2) is 39.8 Å². The van der Waals surface area contributed by atoms with E-state index in [1.54, 1.807) is 23.5 Å². The Morgan fingerprint density at radius 2 is 2.04 bits per heavy atom. The van der Waals surface area contributed by atoms with Crippen molar-refractivity contribution in [2.75, 3.05) is 13.1 Å². The van der Waals surface area contributed by atoms with E-state index in [0.717, 1.165) is 30.9 Å². The highest BCUT2D eigenvalue weighted by molar-refractivity contribution is 7.07. The highest BCUT2D eigenvalue weighted by atomic mass is 32.1. The lowest BCUT2D eigenvalue weighted by Crippen LogP contribution is -2.45. The number of rotatable bonds is 5. The number of hydrogen-bond donors (Lipinski definition) is 0. The lowest BCUT2D eigenvalue weighted by molar-refractivity contribution is -0.134. The van der Waals surface area contributed by atoms with E-state index in [1.807, 2.05) is 10.4 Å². The maximum Gasteiger partial charge on any atom is 0.224 e. The third-order valence-electron chi connectivity index (χ3n) is 4.71. The molecule has 0 radical (unpaired) electrons. The molecule has 2 aromatic rings. The molecule has 4 nitrogen and oxygen atoms in total. The van der Waals surface area contributed by atoms with Gasteiger partial charge in [-0.05, 0) is 23.6 Å². The van der Waals surface area contributed by atoms with E-state index in [1.165, 1.54) is 12.1 Å². The average molecular weight is 361 g/mol. The van der Waals surface area contributed by atoms with Crippen LogP contribution < -0.4 is 0 Å². The van der Waals surface area contributed by atoms with Crippen LogP contribution in [-0.2, 0) is 17.9 Å². The van der Waals surface area contributed by atoms with Gasteiger partial charge in [0.15, 0.2) is 0 Å². The van der Waals surface area contributed by atoms with Crippen LogP contribution in [0.15, 0.2) is 35.2 Å². The molecule has 0 spiro atoms. The van der Waals surface area contributed by atoms with E-state index in [-0.39, 0.29) is 17.8 Å². The molecular formula is C19H24FN3OS. The predicted molar refractivity (Wildman–Crippen MR) is 97.6 cm³/mol. The van der Waals surface area contributed by atoms with E-state index in [0.29, 0.717) is 18.9 Å². The molecule has 1 fully saturated rings. The van der Waals surface area contributed by atoms with Crippen LogP contribution in [0.5, 0.6) is 0 Å². The van der Waals surface area contributed by atoms with E-state index >= 15 is 0 Å². The molecule has 0 aliphatic carbocycles. The summed E-state index contributed by atoms with van der Waals surface area (Å²) in [5, 5.41) is 2.06. The van der Waals surface area contributed by atoms with Gasteiger partial charge in [0.1, 0.15) is 5.82 Å². The normalized spacial score (nSPS) is 19.4. The SMILES string of the molecule is CC(C)C1CN(Cc2cscn2)CCC(=O)N1Cc1ccc(F)cc1. The molecule has 1 saturated heterocycles. The lowest BCUT2D eigenvalue weighted by Gasteiger charge is -2.34. The van der Waals surface area contributed by atoms with Gasteiger partial charge in [0.05, 0.1) is 11.2 Å². The molecule has 1 aliphatic heterocycles. The van der Waals surface area contributed by atoms with Gasteiger partial charge >= 0.3 is 0 Å². The molecule has 0 saturated carbocycles. The maximum absolute atomic E-state index is 13.2. The zero-order valence-electron chi connectivity index (χ0n) is 14.7. The summed E-state index contributed by atoms with van der Waals surface area (Å²) in [7, 11) is 0. The van der Waals surface area contributed by atoms with Gasteiger partial charge in [-0.25, -0.2) is 9.37 Å². The molecule has 1 aromatic heterocycles. The van der Waals surface area contributed by atoms with Crippen LogP contribution in [0, 0.1) is 11.7 Å². The van der Waals surface area contributed by atoms with Crippen molar-refractivity contribution >= 4 is 17.2 Å². The Labute approximate surface area is 152 Å². The van der Waals surface area contributed by atoms with Crippen LogP contribution in [0.3, 0.4) is 0 Å². The van der Waals surface area contributed by atoms with Gasteiger partial charge in [0.25, 0.3) is 0 Å². The summed E-state index contributed by atoms with van der Waals surface area (Å²) in [6, 6.07) is 6.57. The van der Waals surface area contributed by atoms with Crippen molar-refractivity contribution in [3.63, 3.8) is 0 Å². The smallest absolute Gasteiger partial charge is 0.224 e. The number of amides is 1. The van der Waals surface area contributed by atoms with Crippen LogP contribution in [0.25, 0.3) is 0 Å². The summed E-state index contributed by atoms with van der Waals surface area (Å²) in [4.78, 5) is 21.4. The summed E-state index contributed by atoms with van der Waals surface area (Å²) >= 11 is 1.60. The van der Waals surface area contributed by atoms with Crippen molar-refractivity contribution in [1.82, 2.24) is 14.8 Å². The summed E-state index contributed by atoms with van der Waals surface area (Å²) in [6.45, 7) is 7.21. The van der Waals surface area contributed by atoms with Gasteiger partial charge in [-0.2, -0.15) is 0 Å². The fraction of sp³-hybridized carbons (Fsp3) is 0.474. The number of aromatic nitrogens is 1.